The van der Waals surface area contributed by atoms with Gasteiger partial charge in [-0.3, -0.25) is 0 Å². The zero-order valence-electron chi connectivity index (χ0n) is 1.66. The van der Waals surface area contributed by atoms with E-state index in [1.54, 1.807) is 0 Å². The zero-order chi connectivity index (χ0) is 0. The summed E-state index contributed by atoms with van der Waals surface area (Å²) in [5.74, 6) is 0. The average Bonchev–Trinajstić information content (AvgIpc) is 0. The maximum absolute atomic E-state index is 0. The molecular weight excluding hydrogens is 301 g/mol. The molecule has 0 nitrogen and oxygen atoms in total. The molecular formula is Cu3Mn2. The third-order valence-electron chi connectivity index (χ3n) is 0. The Morgan fingerprint density at radius 2 is 0.400 bits per heavy atom. The largest absolute Gasteiger partial charge is 0 e. The van der Waals surface area contributed by atoms with E-state index in [-0.39, 0.29) is 85.3 Å². The maximum Gasteiger partial charge on any atom is 0 e. The van der Waals surface area contributed by atoms with Crippen LogP contribution in [0.25, 0.3) is 0 Å². The van der Waals surface area contributed by atoms with Crippen LogP contribution in [0.1, 0.15) is 0 Å². The molecule has 5 radical (unpaired) electrons. The van der Waals surface area contributed by atoms with Gasteiger partial charge in [0.1, 0.15) is 0 Å². The summed E-state index contributed by atoms with van der Waals surface area (Å²) in [6.07, 6.45) is 0. The summed E-state index contributed by atoms with van der Waals surface area (Å²) in [4.78, 5) is 0. The molecule has 47 valence electrons. The monoisotopic (exact) mass is 299 g/mol. The SMILES string of the molecule is [Cu].[Cu].[Cu].[Mn].[Mn]. The molecule has 0 aliphatic carbocycles. The number of hydrogen-bond donors (Lipinski definition) is 0. The summed E-state index contributed by atoms with van der Waals surface area (Å²) < 4.78 is 0. The summed E-state index contributed by atoms with van der Waals surface area (Å²) in [7, 11) is 0. The van der Waals surface area contributed by atoms with Gasteiger partial charge in [-0.25, -0.2) is 0 Å². The van der Waals surface area contributed by atoms with Gasteiger partial charge in [-0.05, 0) is 0 Å². The van der Waals surface area contributed by atoms with Crippen LogP contribution >= 0.6 is 0 Å². The fraction of sp³-hybridized carbons (Fsp3) is 0. The Morgan fingerprint density at radius 1 is 0.400 bits per heavy atom. The molecule has 0 aliphatic rings. The van der Waals surface area contributed by atoms with Gasteiger partial charge in [-0.15, -0.1) is 0 Å². The van der Waals surface area contributed by atoms with E-state index in [9.17, 15) is 0 Å². The molecule has 0 heterocycles. The first kappa shape index (κ1) is 49.0. The second kappa shape index (κ2) is 30.6. The Labute approximate surface area is 84.3 Å². The Morgan fingerprint density at radius 3 is 0.400 bits per heavy atom. The molecule has 5 heteroatoms. The normalized spacial score (nSPS) is 0. The van der Waals surface area contributed by atoms with Crippen molar-refractivity contribution in [1.29, 1.82) is 0 Å². The third-order valence-corrected chi connectivity index (χ3v) is 0. The van der Waals surface area contributed by atoms with E-state index < -0.39 is 0 Å². The maximum atomic E-state index is 0. The van der Waals surface area contributed by atoms with E-state index in [1.165, 1.54) is 0 Å². The second-order valence-corrected chi connectivity index (χ2v) is 0. The summed E-state index contributed by atoms with van der Waals surface area (Å²) in [5, 5.41) is 0. The van der Waals surface area contributed by atoms with E-state index >= 15 is 0 Å². The Bertz CT molecular complexity index is 4.85. The molecule has 0 rings (SSSR count). The first-order valence-electron chi connectivity index (χ1n) is 0. The van der Waals surface area contributed by atoms with E-state index in [0.717, 1.165) is 0 Å². The Hall–Kier alpha value is 2.60. The van der Waals surface area contributed by atoms with Crippen LogP contribution in [0.3, 0.4) is 0 Å². The number of rotatable bonds is 0. The molecule has 0 spiro atoms. The topological polar surface area (TPSA) is 0 Å². The number of hydrogen-bond acceptors (Lipinski definition) is 0. The van der Waals surface area contributed by atoms with Crippen LogP contribution in [0.2, 0.25) is 0 Å². The van der Waals surface area contributed by atoms with Gasteiger partial charge in [-0.1, -0.05) is 0 Å². The fourth-order valence-electron chi connectivity index (χ4n) is 0. The smallest absolute Gasteiger partial charge is 0 e. The molecule has 0 saturated carbocycles. The molecule has 0 saturated heterocycles. The van der Waals surface area contributed by atoms with Crippen LogP contribution in [0, 0.1) is 0 Å². The zero-order valence-corrected chi connectivity index (χ0v) is 6.85. The predicted octanol–water partition coefficient (Wildman–Crippen LogP) is -0.0125. The molecule has 0 unspecified atom stereocenters. The van der Waals surface area contributed by atoms with Crippen molar-refractivity contribution in [3.05, 3.63) is 0 Å². The molecule has 0 amide bonds. The molecule has 0 bridgehead atoms. The van der Waals surface area contributed by atoms with Gasteiger partial charge in [0, 0.05) is 85.3 Å². The molecule has 0 aliphatic heterocycles. The van der Waals surface area contributed by atoms with Crippen molar-refractivity contribution in [2.24, 2.45) is 0 Å². The Kier molecular flexibility index (Phi) is 300. The molecule has 0 atom stereocenters. The average molecular weight is 301 g/mol. The van der Waals surface area contributed by atoms with Gasteiger partial charge >= 0.3 is 0 Å². The van der Waals surface area contributed by atoms with E-state index in [0.29, 0.717) is 0 Å². The van der Waals surface area contributed by atoms with Crippen molar-refractivity contribution < 1.29 is 85.3 Å². The fourth-order valence-corrected chi connectivity index (χ4v) is 0. The summed E-state index contributed by atoms with van der Waals surface area (Å²) in [5.41, 5.74) is 0. The van der Waals surface area contributed by atoms with Crippen LogP contribution < -0.4 is 0 Å². The standard InChI is InChI=1S/3Cu.2Mn. The second-order valence-electron chi connectivity index (χ2n) is 0. The van der Waals surface area contributed by atoms with Crippen molar-refractivity contribution in [3.63, 3.8) is 0 Å². The summed E-state index contributed by atoms with van der Waals surface area (Å²) >= 11 is 0. The van der Waals surface area contributed by atoms with Gasteiger partial charge in [-0.2, -0.15) is 0 Å². The molecule has 0 aromatic heterocycles. The van der Waals surface area contributed by atoms with E-state index in [2.05, 4.69) is 0 Å². The predicted molar refractivity (Wildman–Crippen MR) is 0 cm³/mol. The van der Waals surface area contributed by atoms with Crippen LogP contribution in [-0.4, -0.2) is 0 Å². The van der Waals surface area contributed by atoms with Gasteiger partial charge in [0.05, 0.1) is 0 Å². The summed E-state index contributed by atoms with van der Waals surface area (Å²) in [6, 6.07) is 0. The molecule has 0 aromatic carbocycles. The van der Waals surface area contributed by atoms with Crippen LogP contribution in [0.15, 0.2) is 0 Å². The molecule has 0 fully saturated rings. The summed E-state index contributed by atoms with van der Waals surface area (Å²) in [6.45, 7) is 0. The Balaban J connectivity index is 0. The quantitative estimate of drug-likeness (QED) is 0.552. The van der Waals surface area contributed by atoms with Gasteiger partial charge < -0.3 is 0 Å². The minimum absolute atomic E-state index is 0. The van der Waals surface area contributed by atoms with Crippen LogP contribution in [0.4, 0.5) is 0 Å². The van der Waals surface area contributed by atoms with Crippen molar-refractivity contribution in [3.8, 4) is 0 Å². The van der Waals surface area contributed by atoms with Gasteiger partial charge in [0.25, 0.3) is 0 Å². The van der Waals surface area contributed by atoms with Crippen LogP contribution in [0.5, 0.6) is 0 Å². The first-order chi connectivity index (χ1) is 0. The van der Waals surface area contributed by atoms with Crippen molar-refractivity contribution in [2.75, 3.05) is 0 Å². The third kappa shape index (κ3) is 20.7. The van der Waals surface area contributed by atoms with Gasteiger partial charge in [0.15, 0.2) is 0 Å². The minimum Gasteiger partial charge on any atom is 0 e. The van der Waals surface area contributed by atoms with Crippen LogP contribution in [-0.2, 0) is 85.3 Å². The van der Waals surface area contributed by atoms with E-state index in [4.69, 9.17) is 0 Å². The van der Waals surface area contributed by atoms with Gasteiger partial charge in [0.2, 0.25) is 0 Å². The van der Waals surface area contributed by atoms with Crippen molar-refractivity contribution in [1.82, 2.24) is 0 Å². The van der Waals surface area contributed by atoms with Crippen molar-refractivity contribution >= 4 is 0 Å². The minimum atomic E-state index is 0. The van der Waals surface area contributed by atoms with Crippen molar-refractivity contribution in [2.45, 2.75) is 0 Å². The van der Waals surface area contributed by atoms with E-state index in [1.807, 2.05) is 0 Å². The molecule has 0 N–H and O–H groups in total. The molecule has 5 heavy (non-hydrogen) atoms. The first-order valence-corrected chi connectivity index (χ1v) is 0. The molecule has 0 aromatic rings.